The van der Waals surface area contributed by atoms with Crippen molar-refractivity contribution in [3.05, 3.63) is 34.9 Å². The topological polar surface area (TPSA) is 52.3 Å². The van der Waals surface area contributed by atoms with Crippen LogP contribution < -0.4 is 5.73 Å². The van der Waals surface area contributed by atoms with Crippen LogP contribution in [0.2, 0.25) is 0 Å². The molecule has 0 amide bonds. The summed E-state index contributed by atoms with van der Waals surface area (Å²) in [6.45, 7) is 3.94. The van der Waals surface area contributed by atoms with Gasteiger partial charge >= 0.3 is 5.97 Å². The first kappa shape index (κ1) is 13.9. The van der Waals surface area contributed by atoms with Gasteiger partial charge < -0.3 is 10.5 Å². The van der Waals surface area contributed by atoms with Gasteiger partial charge in [0, 0.05) is 0 Å². The molecular formula is C11H16ClNO2. The van der Waals surface area contributed by atoms with Crippen molar-refractivity contribution in [3.63, 3.8) is 0 Å². The number of rotatable bonds is 2. The molecule has 0 aliphatic carbocycles. The number of methoxy groups -OCH3 is 1. The second-order valence-corrected chi connectivity index (χ2v) is 3.29. The first-order valence-corrected chi connectivity index (χ1v) is 4.47. The van der Waals surface area contributed by atoms with E-state index in [1.807, 2.05) is 32.0 Å². The van der Waals surface area contributed by atoms with Gasteiger partial charge in [-0.15, -0.1) is 12.4 Å². The molecule has 2 N–H and O–H groups in total. The second kappa shape index (κ2) is 5.73. The first-order valence-electron chi connectivity index (χ1n) is 4.47. The Kier molecular flexibility index (Phi) is 5.33. The second-order valence-electron chi connectivity index (χ2n) is 3.29. The standard InChI is InChI=1S/C11H15NO2.ClH/c1-7-5-4-6-9(8(7)2)10(12)11(13)14-3;/h4-6,10H,12H2,1-3H3;1H/t10-;/m0./s1. The van der Waals surface area contributed by atoms with Gasteiger partial charge in [0.1, 0.15) is 6.04 Å². The maximum atomic E-state index is 11.2. The number of carbonyl (C=O) groups excluding carboxylic acids is 1. The monoisotopic (exact) mass is 229 g/mol. The zero-order chi connectivity index (χ0) is 10.7. The summed E-state index contributed by atoms with van der Waals surface area (Å²) in [5.74, 6) is -0.404. The minimum absolute atomic E-state index is 0. The number of nitrogens with two attached hydrogens (primary N) is 1. The Morgan fingerprint density at radius 2 is 2.00 bits per heavy atom. The summed E-state index contributed by atoms with van der Waals surface area (Å²) in [5.41, 5.74) is 8.75. The van der Waals surface area contributed by atoms with E-state index >= 15 is 0 Å². The molecule has 0 heterocycles. The van der Waals surface area contributed by atoms with E-state index in [0.29, 0.717) is 0 Å². The molecule has 0 saturated heterocycles. The highest BCUT2D eigenvalue weighted by Crippen LogP contribution is 2.19. The average Bonchev–Trinajstić information content (AvgIpc) is 2.20. The van der Waals surface area contributed by atoms with Gasteiger partial charge in [-0.05, 0) is 30.5 Å². The average molecular weight is 230 g/mol. The highest BCUT2D eigenvalue weighted by molar-refractivity contribution is 5.85. The van der Waals surface area contributed by atoms with Crippen molar-refractivity contribution in [3.8, 4) is 0 Å². The van der Waals surface area contributed by atoms with Crippen LogP contribution in [0.3, 0.4) is 0 Å². The molecule has 0 aliphatic heterocycles. The summed E-state index contributed by atoms with van der Waals surface area (Å²) in [6, 6.07) is 5.05. The number of carbonyl (C=O) groups is 1. The Morgan fingerprint density at radius 1 is 1.40 bits per heavy atom. The summed E-state index contributed by atoms with van der Waals surface area (Å²) < 4.78 is 4.60. The number of ether oxygens (including phenoxy) is 1. The van der Waals surface area contributed by atoms with E-state index in [9.17, 15) is 4.79 Å². The van der Waals surface area contributed by atoms with Crippen molar-refractivity contribution in [2.24, 2.45) is 5.73 Å². The molecule has 0 aliphatic rings. The highest BCUT2D eigenvalue weighted by atomic mass is 35.5. The SMILES string of the molecule is COC(=O)[C@@H](N)c1cccc(C)c1C.Cl. The van der Waals surface area contributed by atoms with Crippen molar-refractivity contribution < 1.29 is 9.53 Å². The van der Waals surface area contributed by atoms with Gasteiger partial charge in [0.25, 0.3) is 0 Å². The lowest BCUT2D eigenvalue weighted by Gasteiger charge is -2.13. The molecule has 0 spiro atoms. The molecule has 84 valence electrons. The molecule has 3 nitrogen and oxygen atoms in total. The lowest BCUT2D eigenvalue weighted by Crippen LogP contribution is -2.23. The van der Waals surface area contributed by atoms with Crippen LogP contribution in [0.15, 0.2) is 18.2 Å². The molecule has 1 atom stereocenters. The first-order chi connectivity index (χ1) is 6.57. The number of hydrogen-bond acceptors (Lipinski definition) is 3. The molecular weight excluding hydrogens is 214 g/mol. The lowest BCUT2D eigenvalue weighted by molar-refractivity contribution is -0.142. The Morgan fingerprint density at radius 3 is 2.53 bits per heavy atom. The van der Waals surface area contributed by atoms with Gasteiger partial charge in [-0.1, -0.05) is 18.2 Å². The van der Waals surface area contributed by atoms with E-state index in [4.69, 9.17) is 5.73 Å². The molecule has 0 fully saturated rings. The fourth-order valence-corrected chi connectivity index (χ4v) is 1.36. The summed E-state index contributed by atoms with van der Waals surface area (Å²) in [5, 5.41) is 0. The van der Waals surface area contributed by atoms with Crippen LogP contribution in [0.4, 0.5) is 0 Å². The molecule has 0 aromatic heterocycles. The molecule has 4 heteroatoms. The quantitative estimate of drug-likeness (QED) is 0.789. The fraction of sp³-hybridized carbons (Fsp3) is 0.364. The molecule has 1 aromatic carbocycles. The van der Waals surface area contributed by atoms with Gasteiger partial charge in [-0.25, -0.2) is 0 Å². The van der Waals surface area contributed by atoms with Crippen LogP contribution >= 0.6 is 12.4 Å². The molecule has 0 radical (unpaired) electrons. The minimum Gasteiger partial charge on any atom is -0.468 e. The Balaban J connectivity index is 0.00000196. The third-order valence-electron chi connectivity index (χ3n) is 2.44. The molecule has 15 heavy (non-hydrogen) atoms. The van der Waals surface area contributed by atoms with Crippen LogP contribution in [0.25, 0.3) is 0 Å². The van der Waals surface area contributed by atoms with Crippen LogP contribution in [0.1, 0.15) is 22.7 Å². The zero-order valence-electron chi connectivity index (χ0n) is 9.11. The van der Waals surface area contributed by atoms with Crippen molar-refractivity contribution >= 4 is 18.4 Å². The van der Waals surface area contributed by atoms with Crippen molar-refractivity contribution in [1.82, 2.24) is 0 Å². The van der Waals surface area contributed by atoms with E-state index in [2.05, 4.69) is 4.74 Å². The number of benzene rings is 1. The third-order valence-corrected chi connectivity index (χ3v) is 2.44. The fourth-order valence-electron chi connectivity index (χ4n) is 1.36. The number of halogens is 1. The van der Waals surface area contributed by atoms with E-state index in [1.54, 1.807) is 0 Å². The molecule has 0 bridgehead atoms. The van der Waals surface area contributed by atoms with Gasteiger partial charge in [-0.2, -0.15) is 0 Å². The summed E-state index contributed by atoms with van der Waals surface area (Å²) in [4.78, 5) is 11.2. The van der Waals surface area contributed by atoms with Crippen molar-refractivity contribution in [1.29, 1.82) is 0 Å². The van der Waals surface area contributed by atoms with Gasteiger partial charge in [-0.3, -0.25) is 4.79 Å². The van der Waals surface area contributed by atoms with Crippen LogP contribution in [-0.2, 0) is 9.53 Å². The summed E-state index contributed by atoms with van der Waals surface area (Å²) in [6.07, 6.45) is 0. The normalized spacial score (nSPS) is 11.5. The van der Waals surface area contributed by atoms with Gasteiger partial charge in [0.15, 0.2) is 0 Å². The summed E-state index contributed by atoms with van der Waals surface area (Å²) in [7, 11) is 1.34. The predicted octanol–water partition coefficient (Wildman–Crippen LogP) is 1.90. The maximum Gasteiger partial charge on any atom is 0.327 e. The third kappa shape index (κ3) is 2.94. The molecule has 0 unspecified atom stereocenters. The zero-order valence-corrected chi connectivity index (χ0v) is 9.93. The highest BCUT2D eigenvalue weighted by Gasteiger charge is 2.18. The Labute approximate surface area is 96.0 Å². The van der Waals surface area contributed by atoms with E-state index < -0.39 is 12.0 Å². The van der Waals surface area contributed by atoms with Crippen LogP contribution in [0, 0.1) is 13.8 Å². The molecule has 1 aromatic rings. The minimum atomic E-state index is -0.681. The van der Waals surface area contributed by atoms with E-state index in [-0.39, 0.29) is 12.4 Å². The smallest absolute Gasteiger partial charge is 0.327 e. The lowest BCUT2D eigenvalue weighted by atomic mass is 9.98. The van der Waals surface area contributed by atoms with Crippen LogP contribution in [0.5, 0.6) is 0 Å². The van der Waals surface area contributed by atoms with Gasteiger partial charge in [0.05, 0.1) is 7.11 Å². The summed E-state index contributed by atoms with van der Waals surface area (Å²) >= 11 is 0. The Bertz CT molecular complexity index is 352. The van der Waals surface area contributed by atoms with Crippen molar-refractivity contribution in [2.75, 3.05) is 7.11 Å². The Hall–Kier alpha value is -1.06. The maximum absolute atomic E-state index is 11.2. The number of hydrogen-bond donors (Lipinski definition) is 1. The number of aryl methyl sites for hydroxylation is 1. The van der Waals surface area contributed by atoms with E-state index in [1.165, 1.54) is 7.11 Å². The molecule has 0 saturated carbocycles. The largest absolute Gasteiger partial charge is 0.468 e. The van der Waals surface area contributed by atoms with Gasteiger partial charge in [0.2, 0.25) is 0 Å². The number of esters is 1. The van der Waals surface area contributed by atoms with Crippen LogP contribution in [-0.4, -0.2) is 13.1 Å². The molecule has 1 rings (SSSR count). The predicted molar refractivity (Wildman–Crippen MR) is 62.1 cm³/mol. The van der Waals surface area contributed by atoms with Crippen molar-refractivity contribution in [2.45, 2.75) is 19.9 Å². The van der Waals surface area contributed by atoms with E-state index in [0.717, 1.165) is 16.7 Å².